The molecule has 8 nitrogen and oxygen atoms in total. The summed E-state index contributed by atoms with van der Waals surface area (Å²) >= 11 is 0. The first-order valence-corrected chi connectivity index (χ1v) is 12.5. The van der Waals surface area contributed by atoms with E-state index < -0.39 is 48.4 Å². The third-order valence-corrected chi connectivity index (χ3v) is 6.08. The minimum atomic E-state index is -0.781. The van der Waals surface area contributed by atoms with Crippen LogP contribution in [-0.2, 0) is 28.4 Å². The molecule has 0 aliphatic carbocycles. The Bertz CT molecular complexity index is 993. The van der Waals surface area contributed by atoms with Gasteiger partial charge < -0.3 is 28.4 Å². The highest BCUT2D eigenvalue weighted by atomic mass is 16.8. The lowest BCUT2D eigenvalue weighted by molar-refractivity contribution is -0.221. The fourth-order valence-corrected chi connectivity index (χ4v) is 4.33. The molecule has 0 spiro atoms. The van der Waals surface area contributed by atoms with E-state index in [2.05, 4.69) is 6.92 Å². The number of rotatable bonds is 11. The lowest BCUT2D eigenvalue weighted by atomic mass is 10.0. The molecule has 0 saturated carbocycles. The maximum atomic E-state index is 12.8. The van der Waals surface area contributed by atoms with E-state index in [9.17, 15) is 9.59 Å². The number of carbonyl (C=O) groups excluding carboxylic acids is 2. The van der Waals surface area contributed by atoms with E-state index in [1.54, 1.807) is 48.5 Å². The van der Waals surface area contributed by atoms with Crippen molar-refractivity contribution in [1.82, 2.24) is 0 Å². The molecule has 2 aromatic rings. The van der Waals surface area contributed by atoms with Crippen LogP contribution in [0.25, 0.3) is 0 Å². The molecule has 0 N–H and O–H groups in total. The highest BCUT2D eigenvalue weighted by Gasteiger charge is 2.55. The average Bonchev–Trinajstić information content (AvgIpc) is 3.34. The molecule has 8 heteroatoms. The zero-order valence-corrected chi connectivity index (χ0v) is 21.0. The zero-order chi connectivity index (χ0) is 25.5. The monoisotopic (exact) mass is 498 g/mol. The van der Waals surface area contributed by atoms with Gasteiger partial charge in [0.15, 0.2) is 12.1 Å². The van der Waals surface area contributed by atoms with Crippen LogP contribution in [0.4, 0.5) is 0 Å². The Morgan fingerprint density at radius 1 is 0.944 bits per heavy atom. The number of benzene rings is 2. The Kier molecular flexibility index (Phi) is 8.74. The van der Waals surface area contributed by atoms with E-state index in [0.29, 0.717) is 17.7 Å². The summed E-state index contributed by atoms with van der Waals surface area (Å²) in [6.45, 7) is 6.18. The highest BCUT2D eigenvalue weighted by Crippen LogP contribution is 2.40. The molecule has 2 aromatic carbocycles. The molecule has 4 rings (SSSR count). The van der Waals surface area contributed by atoms with Crippen molar-refractivity contribution >= 4 is 11.9 Å². The predicted octanol–water partition coefficient (Wildman–Crippen LogP) is 4.52. The molecule has 0 radical (unpaired) electrons. The van der Waals surface area contributed by atoms with Crippen LogP contribution in [0, 0.1) is 0 Å². The molecule has 2 aliphatic rings. The van der Waals surface area contributed by atoms with Crippen LogP contribution in [0.1, 0.15) is 60.7 Å². The molecule has 5 atom stereocenters. The van der Waals surface area contributed by atoms with Gasteiger partial charge in [-0.3, -0.25) is 0 Å². The van der Waals surface area contributed by atoms with Gasteiger partial charge in [0.1, 0.15) is 24.9 Å². The standard InChI is InChI=1S/C28H34O8/c1-4-5-16-31-23-22(34-27-24(23)35-28(2,3)36-27)17-21(33-26(30)20-14-10-7-11-15-20)18-32-25(29)19-12-8-6-9-13-19/h6-15,21-24,27H,4-5,16-18H2,1-3H3/t21?,22-,23+,24-,27-/m1/s1. The van der Waals surface area contributed by atoms with Gasteiger partial charge >= 0.3 is 11.9 Å². The number of esters is 2. The van der Waals surface area contributed by atoms with Gasteiger partial charge in [-0.25, -0.2) is 9.59 Å². The summed E-state index contributed by atoms with van der Waals surface area (Å²) < 4.78 is 35.6. The Labute approximate surface area is 211 Å². The van der Waals surface area contributed by atoms with Crippen molar-refractivity contribution in [3.05, 3.63) is 71.8 Å². The van der Waals surface area contributed by atoms with Gasteiger partial charge in [-0.15, -0.1) is 0 Å². The van der Waals surface area contributed by atoms with Gasteiger partial charge in [0.05, 0.1) is 17.2 Å². The second-order valence-electron chi connectivity index (χ2n) is 9.43. The Morgan fingerprint density at radius 3 is 2.22 bits per heavy atom. The van der Waals surface area contributed by atoms with Gasteiger partial charge in [-0.05, 0) is 44.5 Å². The summed E-state index contributed by atoms with van der Waals surface area (Å²) in [4.78, 5) is 25.4. The fourth-order valence-electron chi connectivity index (χ4n) is 4.33. The van der Waals surface area contributed by atoms with E-state index in [1.165, 1.54) is 0 Å². The van der Waals surface area contributed by atoms with Gasteiger partial charge in [-0.1, -0.05) is 49.7 Å². The quantitative estimate of drug-likeness (QED) is 0.330. The first-order valence-electron chi connectivity index (χ1n) is 12.5. The summed E-state index contributed by atoms with van der Waals surface area (Å²) in [7, 11) is 0. The molecule has 36 heavy (non-hydrogen) atoms. The van der Waals surface area contributed by atoms with Crippen molar-refractivity contribution in [2.45, 2.75) is 76.5 Å². The summed E-state index contributed by atoms with van der Waals surface area (Å²) in [5, 5.41) is 0. The number of carbonyl (C=O) groups is 2. The molecule has 2 aliphatic heterocycles. The third-order valence-electron chi connectivity index (χ3n) is 6.08. The molecule has 0 bridgehead atoms. The molecule has 194 valence electrons. The lowest BCUT2D eigenvalue weighted by Crippen LogP contribution is -2.40. The molecule has 0 aromatic heterocycles. The first-order chi connectivity index (χ1) is 17.4. The van der Waals surface area contributed by atoms with Crippen molar-refractivity contribution in [2.75, 3.05) is 13.2 Å². The van der Waals surface area contributed by atoms with Crippen molar-refractivity contribution < 1.29 is 38.0 Å². The smallest absolute Gasteiger partial charge is 0.338 e. The van der Waals surface area contributed by atoms with E-state index in [1.807, 2.05) is 26.0 Å². The maximum Gasteiger partial charge on any atom is 0.338 e. The van der Waals surface area contributed by atoms with Crippen LogP contribution in [0.5, 0.6) is 0 Å². The molecule has 2 fully saturated rings. The van der Waals surface area contributed by atoms with Gasteiger partial charge in [0, 0.05) is 13.0 Å². The molecule has 1 unspecified atom stereocenters. The van der Waals surface area contributed by atoms with Crippen LogP contribution < -0.4 is 0 Å². The SMILES string of the molecule is CCCCO[C@@H]1[C@H]2OC(C)(C)O[C@H]2O[C@@H]1CC(COC(=O)c1ccccc1)OC(=O)c1ccccc1. The van der Waals surface area contributed by atoms with E-state index in [4.69, 9.17) is 28.4 Å². The average molecular weight is 499 g/mol. The van der Waals surface area contributed by atoms with Crippen LogP contribution in [0.2, 0.25) is 0 Å². The Hall–Kier alpha value is -2.78. The van der Waals surface area contributed by atoms with Crippen molar-refractivity contribution in [2.24, 2.45) is 0 Å². The number of hydrogen-bond donors (Lipinski definition) is 0. The van der Waals surface area contributed by atoms with Crippen LogP contribution in [-0.4, -0.2) is 61.6 Å². The van der Waals surface area contributed by atoms with Gasteiger partial charge in [0.2, 0.25) is 0 Å². The summed E-state index contributed by atoms with van der Waals surface area (Å²) in [6.07, 6.45) is -0.512. The summed E-state index contributed by atoms with van der Waals surface area (Å²) in [5.74, 6) is -1.78. The van der Waals surface area contributed by atoms with Crippen molar-refractivity contribution in [3.63, 3.8) is 0 Å². The van der Waals surface area contributed by atoms with Crippen molar-refractivity contribution in [1.29, 1.82) is 0 Å². The van der Waals surface area contributed by atoms with Crippen LogP contribution in [0.3, 0.4) is 0 Å². The molecular formula is C28H34O8. The number of fused-ring (bicyclic) bond motifs is 1. The minimum absolute atomic E-state index is 0.129. The predicted molar refractivity (Wildman–Crippen MR) is 130 cm³/mol. The lowest BCUT2D eigenvalue weighted by Gasteiger charge is -2.28. The highest BCUT2D eigenvalue weighted by molar-refractivity contribution is 5.90. The van der Waals surface area contributed by atoms with Gasteiger partial charge in [0.25, 0.3) is 0 Å². The maximum absolute atomic E-state index is 12.8. The number of hydrogen-bond acceptors (Lipinski definition) is 8. The fraction of sp³-hybridized carbons (Fsp3) is 0.500. The number of unbranched alkanes of at least 4 members (excludes halogenated alkanes) is 1. The largest absolute Gasteiger partial charge is 0.458 e. The topological polar surface area (TPSA) is 89.5 Å². The Balaban J connectivity index is 1.47. The van der Waals surface area contributed by atoms with Crippen molar-refractivity contribution in [3.8, 4) is 0 Å². The molecular weight excluding hydrogens is 464 g/mol. The van der Waals surface area contributed by atoms with E-state index in [-0.39, 0.29) is 13.0 Å². The third kappa shape index (κ3) is 6.70. The normalized spacial score (nSPS) is 25.2. The first kappa shape index (κ1) is 26.3. The summed E-state index contributed by atoms with van der Waals surface area (Å²) in [6, 6.07) is 17.4. The molecule has 0 amide bonds. The van der Waals surface area contributed by atoms with Crippen LogP contribution in [0.15, 0.2) is 60.7 Å². The van der Waals surface area contributed by atoms with E-state index in [0.717, 1.165) is 12.8 Å². The molecule has 2 heterocycles. The summed E-state index contributed by atoms with van der Waals surface area (Å²) in [5.41, 5.74) is 0.826. The van der Waals surface area contributed by atoms with Crippen LogP contribution >= 0.6 is 0 Å². The number of ether oxygens (including phenoxy) is 6. The second kappa shape index (κ2) is 12.0. The van der Waals surface area contributed by atoms with Gasteiger partial charge in [-0.2, -0.15) is 0 Å². The second-order valence-corrected chi connectivity index (χ2v) is 9.43. The van der Waals surface area contributed by atoms with E-state index >= 15 is 0 Å². The molecule has 2 saturated heterocycles. The minimum Gasteiger partial charge on any atom is -0.458 e. The Morgan fingerprint density at radius 2 is 1.58 bits per heavy atom. The zero-order valence-electron chi connectivity index (χ0n) is 21.0.